The van der Waals surface area contributed by atoms with Crippen LogP contribution in [0, 0.1) is 25.5 Å². The van der Waals surface area contributed by atoms with E-state index in [2.05, 4.69) is 31.1 Å². The van der Waals surface area contributed by atoms with Crippen LogP contribution in [-0.4, -0.2) is 19.6 Å². The molecule has 0 N–H and O–H groups in total. The Morgan fingerprint density at radius 1 is 1.14 bits per heavy atom. The summed E-state index contributed by atoms with van der Waals surface area (Å²) in [6.45, 7) is 3.51. The van der Waals surface area contributed by atoms with Crippen molar-refractivity contribution in [2.24, 2.45) is 0 Å². The number of nitrogens with zero attached hydrogens (tertiary/aromatic N) is 4. The first-order chi connectivity index (χ1) is 9.90. The third kappa shape index (κ3) is 2.20. The number of hydrogen-bond acceptors (Lipinski definition) is 3. The first-order valence-corrected chi connectivity index (χ1v) is 7.10. The first-order valence-electron chi connectivity index (χ1n) is 5.93. The first kappa shape index (κ1) is 14.3. The third-order valence-electron chi connectivity index (χ3n) is 3.20. The van der Waals surface area contributed by atoms with Crippen LogP contribution >= 0.6 is 27.5 Å². The number of aryl methyl sites for hydroxylation is 2. The minimum Gasteiger partial charge on any atom is -0.275 e. The lowest BCUT2D eigenvalue weighted by Gasteiger charge is -2.09. The van der Waals surface area contributed by atoms with E-state index in [1.807, 2.05) is 0 Å². The monoisotopic (exact) mass is 372 g/mol. The second-order valence-electron chi connectivity index (χ2n) is 4.50. The van der Waals surface area contributed by atoms with Crippen molar-refractivity contribution in [2.75, 3.05) is 0 Å². The topological polar surface area (TPSA) is 43.1 Å². The molecule has 3 rings (SSSR count). The molecule has 2 aromatic heterocycles. The highest BCUT2D eigenvalue weighted by Crippen LogP contribution is 2.30. The number of benzene rings is 1. The second kappa shape index (κ2) is 4.99. The molecule has 8 heteroatoms. The number of fused-ring (bicyclic) bond motifs is 1. The predicted molar refractivity (Wildman–Crippen MR) is 78.3 cm³/mol. The molecule has 21 heavy (non-hydrogen) atoms. The van der Waals surface area contributed by atoms with Gasteiger partial charge in [0.25, 0.3) is 0 Å². The van der Waals surface area contributed by atoms with E-state index in [1.165, 1.54) is 16.5 Å². The van der Waals surface area contributed by atoms with Gasteiger partial charge in [-0.2, -0.15) is 0 Å². The van der Waals surface area contributed by atoms with Crippen LogP contribution in [-0.2, 0) is 0 Å². The highest BCUT2D eigenvalue weighted by molar-refractivity contribution is 9.10. The Hall–Kier alpha value is -1.60. The maximum Gasteiger partial charge on any atom is 0.199 e. The lowest BCUT2D eigenvalue weighted by molar-refractivity contribution is 0.585. The van der Waals surface area contributed by atoms with Gasteiger partial charge in [-0.15, -0.1) is 10.2 Å². The fourth-order valence-corrected chi connectivity index (χ4v) is 2.74. The summed E-state index contributed by atoms with van der Waals surface area (Å²) >= 11 is 9.05. The molecule has 0 unspecified atom stereocenters. The van der Waals surface area contributed by atoms with Crippen LogP contribution in [0.5, 0.6) is 0 Å². The summed E-state index contributed by atoms with van der Waals surface area (Å²) in [7, 11) is 0. The molecule has 0 radical (unpaired) electrons. The molecule has 0 amide bonds. The van der Waals surface area contributed by atoms with Crippen LogP contribution in [0.3, 0.4) is 0 Å². The van der Waals surface area contributed by atoms with Gasteiger partial charge in [0.2, 0.25) is 0 Å². The molecule has 0 aliphatic heterocycles. The molecule has 0 fully saturated rings. The molecule has 0 aliphatic carbocycles. The van der Waals surface area contributed by atoms with Crippen LogP contribution in [0.2, 0.25) is 5.15 Å². The lowest BCUT2D eigenvalue weighted by atomic mass is 10.2. The van der Waals surface area contributed by atoms with Gasteiger partial charge in [0.1, 0.15) is 11.6 Å². The number of hydrogen-bond donors (Lipinski definition) is 0. The lowest BCUT2D eigenvalue weighted by Crippen LogP contribution is -2.03. The molecule has 3 aromatic rings. The molecule has 1 aromatic carbocycles. The quantitative estimate of drug-likeness (QED) is 0.645. The molecule has 0 spiro atoms. The highest BCUT2D eigenvalue weighted by atomic mass is 79.9. The normalized spacial score (nSPS) is 11.3. The van der Waals surface area contributed by atoms with Gasteiger partial charge in [-0.1, -0.05) is 27.5 Å². The molecular formula is C13H8BrClF2N4. The van der Waals surface area contributed by atoms with Gasteiger partial charge in [-0.3, -0.25) is 4.40 Å². The Bertz CT molecular complexity index is 855. The smallest absolute Gasteiger partial charge is 0.199 e. The van der Waals surface area contributed by atoms with Crippen molar-refractivity contribution in [3.63, 3.8) is 0 Å². The van der Waals surface area contributed by atoms with E-state index in [0.717, 1.165) is 0 Å². The largest absolute Gasteiger partial charge is 0.275 e. The van der Waals surface area contributed by atoms with Crippen molar-refractivity contribution in [2.45, 2.75) is 13.8 Å². The molecule has 4 nitrogen and oxygen atoms in total. The van der Waals surface area contributed by atoms with Gasteiger partial charge in [0.05, 0.1) is 11.3 Å². The Kier molecular flexibility index (Phi) is 3.41. The zero-order valence-corrected chi connectivity index (χ0v) is 13.3. The summed E-state index contributed by atoms with van der Waals surface area (Å²) in [6.07, 6.45) is 0. The molecular weight excluding hydrogens is 366 g/mol. The zero-order valence-electron chi connectivity index (χ0n) is 11.0. The summed E-state index contributed by atoms with van der Waals surface area (Å²) in [5.74, 6) is -1.42. The summed E-state index contributed by atoms with van der Waals surface area (Å²) in [4.78, 5) is 4.11. The Balaban J connectivity index is 2.43. The minimum absolute atomic E-state index is 0.0531. The van der Waals surface area contributed by atoms with E-state index in [-0.39, 0.29) is 22.2 Å². The summed E-state index contributed by atoms with van der Waals surface area (Å²) in [5.41, 5.74) is 1.30. The Morgan fingerprint density at radius 2 is 1.76 bits per heavy atom. The number of halogens is 4. The molecule has 108 valence electrons. The maximum absolute atomic E-state index is 14.1. The summed E-state index contributed by atoms with van der Waals surface area (Å²) < 4.78 is 30.1. The minimum atomic E-state index is -0.735. The van der Waals surface area contributed by atoms with Crippen LogP contribution in [0.4, 0.5) is 8.78 Å². The van der Waals surface area contributed by atoms with Gasteiger partial charge in [-0.05, 0) is 26.0 Å². The van der Waals surface area contributed by atoms with E-state index in [1.54, 1.807) is 13.8 Å². The summed E-state index contributed by atoms with van der Waals surface area (Å²) in [6, 6.07) is 2.34. The van der Waals surface area contributed by atoms with Crippen LogP contribution in [0.25, 0.3) is 17.0 Å². The highest BCUT2D eigenvalue weighted by Gasteiger charge is 2.21. The van der Waals surface area contributed by atoms with Gasteiger partial charge in [-0.25, -0.2) is 13.8 Å². The molecule has 0 saturated heterocycles. The zero-order chi connectivity index (χ0) is 15.3. The van der Waals surface area contributed by atoms with Crippen LogP contribution in [0.1, 0.15) is 11.4 Å². The fraction of sp³-hybridized carbons (Fsp3) is 0.154. The second-order valence-corrected chi connectivity index (χ2v) is 5.77. The van der Waals surface area contributed by atoms with E-state index in [0.29, 0.717) is 15.9 Å². The molecule has 0 saturated carbocycles. The predicted octanol–water partition coefficient (Wildman–Crippen LogP) is 4.10. The maximum atomic E-state index is 14.1. The van der Waals surface area contributed by atoms with E-state index < -0.39 is 11.6 Å². The Labute approximate surface area is 131 Å². The SMILES string of the molecule is Cc1nc(Cl)c2nnc(-c3c(F)cc(Br)cc3F)n2c1C. The average molecular weight is 374 g/mol. The standard InChI is InChI=1S/C13H8BrClF2N4/c1-5-6(2)21-12(19-20-13(21)11(15)18-5)10-8(16)3-7(14)4-9(10)17/h3-4H,1-2H3. The molecule has 0 aliphatic rings. The van der Waals surface area contributed by atoms with Crippen molar-refractivity contribution >= 4 is 33.2 Å². The van der Waals surface area contributed by atoms with Gasteiger partial charge in [0.15, 0.2) is 16.6 Å². The van der Waals surface area contributed by atoms with Crippen molar-refractivity contribution in [1.29, 1.82) is 0 Å². The number of aromatic nitrogens is 4. The summed E-state index contributed by atoms with van der Waals surface area (Å²) in [5, 5.41) is 7.88. The van der Waals surface area contributed by atoms with Crippen LogP contribution < -0.4 is 0 Å². The van der Waals surface area contributed by atoms with E-state index in [4.69, 9.17) is 11.6 Å². The van der Waals surface area contributed by atoms with E-state index >= 15 is 0 Å². The van der Waals surface area contributed by atoms with Gasteiger partial charge >= 0.3 is 0 Å². The van der Waals surface area contributed by atoms with Crippen molar-refractivity contribution in [3.05, 3.63) is 44.8 Å². The Morgan fingerprint density at radius 3 is 2.38 bits per heavy atom. The number of rotatable bonds is 1. The van der Waals surface area contributed by atoms with Gasteiger partial charge < -0.3 is 0 Å². The van der Waals surface area contributed by atoms with Crippen LogP contribution in [0.15, 0.2) is 16.6 Å². The van der Waals surface area contributed by atoms with Crippen molar-refractivity contribution in [1.82, 2.24) is 19.6 Å². The molecule has 0 atom stereocenters. The average Bonchev–Trinajstić information content (AvgIpc) is 2.80. The van der Waals surface area contributed by atoms with Gasteiger partial charge in [0, 0.05) is 10.2 Å². The molecule has 0 bridgehead atoms. The van der Waals surface area contributed by atoms with Crippen molar-refractivity contribution in [3.8, 4) is 11.4 Å². The van der Waals surface area contributed by atoms with E-state index in [9.17, 15) is 8.78 Å². The van der Waals surface area contributed by atoms with Crippen molar-refractivity contribution < 1.29 is 8.78 Å². The third-order valence-corrected chi connectivity index (χ3v) is 3.91. The molecule has 2 heterocycles. The fourth-order valence-electron chi connectivity index (χ4n) is 2.09.